The molecule has 0 amide bonds. The van der Waals surface area contributed by atoms with Crippen molar-refractivity contribution in [1.82, 2.24) is 9.44 Å². The Balaban J connectivity index is 0.000000261. The number of nitrogens with two attached hydrogens (primary N) is 1. The molecule has 15 nitrogen and oxygen atoms in total. The largest absolute Gasteiger partial charge is 0.494 e. The van der Waals surface area contributed by atoms with Crippen LogP contribution in [0.1, 0.15) is 118 Å². The molecule has 0 aliphatic carbocycles. The van der Waals surface area contributed by atoms with E-state index in [0.29, 0.717) is 37.6 Å². The highest BCUT2D eigenvalue weighted by Gasteiger charge is 2.63. The molecular formula is C52H72B3Br3F4N4O11S2. The molecule has 0 saturated carbocycles. The van der Waals surface area contributed by atoms with Gasteiger partial charge >= 0.3 is 21.1 Å². The van der Waals surface area contributed by atoms with Gasteiger partial charge in [0.1, 0.15) is 23.3 Å². The summed E-state index contributed by atoms with van der Waals surface area (Å²) in [5.41, 5.74) is 5.56. The lowest BCUT2D eigenvalue weighted by Crippen LogP contribution is -2.41. The lowest BCUT2D eigenvalue weighted by Gasteiger charge is -2.32. The second-order valence-electron chi connectivity index (χ2n) is 21.8. The number of nitrogens with zero attached hydrogens (tertiary/aromatic N) is 1. The molecule has 4 aromatic carbocycles. The van der Waals surface area contributed by atoms with Crippen LogP contribution in [0.5, 0.6) is 0 Å². The summed E-state index contributed by atoms with van der Waals surface area (Å²) in [4.78, 5) is 0. The number of ether oxygens (including phenoxy) is 1. The maximum atomic E-state index is 13.8. The van der Waals surface area contributed by atoms with Gasteiger partial charge in [-0.25, -0.2) is 43.8 Å². The number of hydrogen-bond donors (Lipinski definition) is 3. The van der Waals surface area contributed by atoms with E-state index >= 15 is 0 Å². The average Bonchev–Trinajstić information content (AvgIpc) is 4.05. The van der Waals surface area contributed by atoms with E-state index in [-0.39, 0.29) is 41.3 Å². The zero-order valence-electron chi connectivity index (χ0n) is 47.1. The fraction of sp³-hybridized carbons (Fsp3) is 0.519. The summed E-state index contributed by atoms with van der Waals surface area (Å²) >= 11 is 9.34. The van der Waals surface area contributed by atoms with Gasteiger partial charge in [-0.05, 0) is 185 Å². The molecule has 4 saturated heterocycles. The molecule has 4 aliphatic rings. The van der Waals surface area contributed by atoms with Crippen molar-refractivity contribution >= 4 is 94.4 Å². The second kappa shape index (κ2) is 29.2. The molecule has 8 rings (SSSR count). The maximum Gasteiger partial charge on any atom is 0.494 e. The van der Waals surface area contributed by atoms with Crippen LogP contribution in [0.15, 0.2) is 86.2 Å². The molecule has 0 bridgehead atoms. The number of hydrogen-bond acceptors (Lipinski definition) is 13. The van der Waals surface area contributed by atoms with Gasteiger partial charge in [0.15, 0.2) is 0 Å². The van der Waals surface area contributed by atoms with Crippen LogP contribution in [0, 0.1) is 34.6 Å². The van der Waals surface area contributed by atoms with Crippen LogP contribution in [0.2, 0.25) is 0 Å². The Hall–Kier alpha value is -2.78. The minimum absolute atomic E-state index is 0.0170. The Bertz CT molecular complexity index is 2810. The Morgan fingerprint density at radius 2 is 0.848 bits per heavy atom. The predicted octanol–water partition coefficient (Wildman–Crippen LogP) is 10.4. The molecule has 4 fully saturated rings. The average molecular weight is 1340 g/mol. The van der Waals surface area contributed by atoms with E-state index in [1.165, 1.54) is 61.4 Å². The first-order valence-corrected chi connectivity index (χ1v) is 31.0. The topological polar surface area (TPSA) is 207 Å². The second-order valence-corrected chi connectivity index (χ2v) is 28.2. The third-order valence-electron chi connectivity index (χ3n) is 13.2. The van der Waals surface area contributed by atoms with Gasteiger partial charge < -0.3 is 38.4 Å². The number of rotatable bonds is 9. The van der Waals surface area contributed by atoms with E-state index in [4.69, 9.17) is 43.7 Å². The van der Waals surface area contributed by atoms with E-state index < -0.39 is 69.8 Å². The van der Waals surface area contributed by atoms with Gasteiger partial charge in [0, 0.05) is 46.3 Å². The Morgan fingerprint density at radius 1 is 0.519 bits per heavy atom. The molecule has 4 aromatic rings. The molecule has 0 unspecified atom stereocenters. The van der Waals surface area contributed by atoms with Crippen LogP contribution in [0.4, 0.5) is 17.6 Å². The number of nitriles is 1. The molecule has 4 N–H and O–H groups in total. The zero-order valence-corrected chi connectivity index (χ0v) is 53.5. The SMILES string of the molecule is C1CCOC1.CC1(C)OB(B2OC(C)(C)C(C)(C)O2)OC1(C)C.CC1(C)OB(c2cc(F)cc(CNS(C)(=O)=O)c2)OC1(C)C.CS(=O)(=O)NCc1cc(F)cc(Br)c1.N#Cc1cc(F)cc(Br)c1.NCc1cc(F)cc(Br)c1. The highest BCUT2D eigenvalue weighted by molar-refractivity contribution is 9.11. The zero-order chi connectivity index (χ0) is 60.2. The Morgan fingerprint density at radius 3 is 1.18 bits per heavy atom. The monoisotopic (exact) mass is 1340 g/mol. The highest BCUT2D eigenvalue weighted by Crippen LogP contribution is 2.43. The van der Waals surface area contributed by atoms with Crippen LogP contribution in [-0.2, 0) is 72.3 Å². The molecule has 0 atom stereocenters. The Kier molecular flexibility index (Phi) is 26.0. The van der Waals surface area contributed by atoms with Gasteiger partial charge in [-0.15, -0.1) is 0 Å². The van der Waals surface area contributed by atoms with Crippen LogP contribution in [-0.4, -0.2) is 97.3 Å². The molecular weight excluding hydrogens is 1270 g/mol. The van der Waals surface area contributed by atoms with Gasteiger partial charge in [-0.2, -0.15) is 5.26 Å². The summed E-state index contributed by atoms with van der Waals surface area (Å²) in [6, 6.07) is 19.1. The lowest BCUT2D eigenvalue weighted by molar-refractivity contribution is 0.00578. The summed E-state index contributed by atoms with van der Waals surface area (Å²) in [7, 11) is -8.21. The van der Waals surface area contributed by atoms with Crippen molar-refractivity contribution in [2.75, 3.05) is 25.7 Å². The van der Waals surface area contributed by atoms with E-state index in [2.05, 4.69) is 57.2 Å². The molecule has 0 radical (unpaired) electrons. The molecule has 27 heteroatoms. The standard InChI is InChI=1S/C14H21BFNO4S.C12H24B2O4.C8H9BrFNO2S.C7H7BrFN.C7H3BrFN.C4H8O/c1-13(2)14(3,4)21-15(20-13)11-6-10(7-12(16)8-11)9-17-22(5,18)19;1-9(2)10(3,4)16-13(15-9)14-17-11(5,6)12(7,8)18-14;1-14(12,13)11-5-6-2-7(9)4-8(10)3-6;2*8-6-1-5(4-10)2-7(9)3-6;1-2-4-5-3-1/h6-8,17H,9H2,1-5H3;1-8H3;2-4,11H,5H2,1H3;1-3H,4,10H2;1-3H;1-4H2. The van der Waals surface area contributed by atoms with Gasteiger partial charge in [-0.3, -0.25) is 0 Å². The van der Waals surface area contributed by atoms with Crippen molar-refractivity contribution in [2.24, 2.45) is 5.73 Å². The summed E-state index contributed by atoms with van der Waals surface area (Å²) in [6.45, 7) is 26.3. The van der Waals surface area contributed by atoms with Crippen molar-refractivity contribution < 1.29 is 67.1 Å². The minimum Gasteiger partial charge on any atom is -0.405 e. The van der Waals surface area contributed by atoms with Crippen molar-refractivity contribution in [2.45, 2.75) is 149 Å². The van der Waals surface area contributed by atoms with Gasteiger partial charge in [0.25, 0.3) is 0 Å². The van der Waals surface area contributed by atoms with Crippen molar-refractivity contribution in [3.8, 4) is 6.07 Å². The van der Waals surface area contributed by atoms with Crippen LogP contribution >= 0.6 is 47.8 Å². The van der Waals surface area contributed by atoms with Gasteiger partial charge in [-0.1, -0.05) is 53.9 Å². The fourth-order valence-electron chi connectivity index (χ4n) is 6.89. The third-order valence-corrected chi connectivity index (χ3v) is 16.0. The lowest BCUT2D eigenvalue weighted by atomic mass is 9.49. The maximum absolute atomic E-state index is 13.8. The third kappa shape index (κ3) is 23.4. The first-order chi connectivity index (χ1) is 36.1. The molecule has 0 spiro atoms. The van der Waals surface area contributed by atoms with Crippen LogP contribution in [0.25, 0.3) is 0 Å². The summed E-state index contributed by atoms with van der Waals surface area (Å²) in [5, 5.41) is 8.35. The normalized spacial score (nSPS) is 18.9. The molecule has 79 heavy (non-hydrogen) atoms. The number of nitrogens with one attached hydrogen (secondary N) is 2. The van der Waals surface area contributed by atoms with Crippen LogP contribution in [0.3, 0.4) is 0 Å². The fourth-order valence-corrected chi connectivity index (χ4v) is 9.24. The van der Waals surface area contributed by atoms with E-state index in [9.17, 15) is 34.4 Å². The molecule has 0 aromatic heterocycles. The van der Waals surface area contributed by atoms with Crippen molar-refractivity contribution in [3.05, 3.63) is 132 Å². The van der Waals surface area contributed by atoms with Crippen molar-refractivity contribution in [3.63, 3.8) is 0 Å². The van der Waals surface area contributed by atoms with Gasteiger partial charge in [0.2, 0.25) is 20.0 Å². The number of benzene rings is 4. The van der Waals surface area contributed by atoms with Gasteiger partial charge in [0.05, 0.1) is 57.8 Å². The van der Waals surface area contributed by atoms with Crippen LogP contribution < -0.4 is 20.6 Å². The highest BCUT2D eigenvalue weighted by atomic mass is 79.9. The molecule has 436 valence electrons. The Labute approximate surface area is 491 Å². The first kappa shape index (κ1) is 70.5. The van der Waals surface area contributed by atoms with Crippen molar-refractivity contribution in [1.29, 1.82) is 5.26 Å². The number of sulfonamides is 2. The van der Waals surface area contributed by atoms with E-state index in [1.54, 1.807) is 24.3 Å². The smallest absolute Gasteiger partial charge is 0.405 e. The molecule has 4 heterocycles. The van der Waals surface area contributed by atoms with E-state index in [1.807, 2.05) is 89.2 Å². The summed E-state index contributed by atoms with van der Waals surface area (Å²) in [5.74, 6) is -1.51. The predicted molar refractivity (Wildman–Crippen MR) is 313 cm³/mol. The number of halogens is 7. The molecule has 4 aliphatic heterocycles. The minimum atomic E-state index is -3.34. The summed E-state index contributed by atoms with van der Waals surface area (Å²) in [6.07, 6.45) is 4.67. The quantitative estimate of drug-likeness (QED) is 0.105. The summed E-state index contributed by atoms with van der Waals surface area (Å²) < 4.78 is 142. The first-order valence-electron chi connectivity index (χ1n) is 24.9. The van der Waals surface area contributed by atoms with E-state index in [0.717, 1.165) is 35.8 Å².